The molecule has 0 spiro atoms. The molecule has 0 heterocycles. The molecule has 0 amide bonds. The number of hydrogen-bond donors (Lipinski definition) is 0. The molecule has 0 nitrogen and oxygen atoms in total. The zero-order valence-electron chi connectivity index (χ0n) is 14.9. The van der Waals surface area contributed by atoms with E-state index < -0.39 is 17.4 Å². The monoisotopic (exact) mass is 398 g/mol. The van der Waals surface area contributed by atoms with Crippen LogP contribution in [0.5, 0.6) is 0 Å². The van der Waals surface area contributed by atoms with Crippen LogP contribution in [0.25, 0.3) is 0 Å². The summed E-state index contributed by atoms with van der Waals surface area (Å²) >= 11 is -1.31. The third-order valence-corrected chi connectivity index (χ3v) is 11.7. The summed E-state index contributed by atoms with van der Waals surface area (Å²) < 4.78 is 3.50. The Hall–Kier alpha value is 0.124. The van der Waals surface area contributed by atoms with Gasteiger partial charge in [0.2, 0.25) is 0 Å². The van der Waals surface area contributed by atoms with Gasteiger partial charge in [-0.05, 0) is 0 Å². The molecule has 0 fully saturated rings. The molecule has 0 saturated heterocycles. The summed E-state index contributed by atoms with van der Waals surface area (Å²) in [6, 6.07) is 0. The van der Waals surface area contributed by atoms with E-state index in [4.69, 9.17) is 0 Å². The number of rotatable bonds is 2. The summed E-state index contributed by atoms with van der Waals surface area (Å²) in [6.07, 6.45) is 21.4. The molecule has 4 rings (SSSR count). The maximum Gasteiger partial charge on any atom is -1.00 e. The minimum Gasteiger partial charge on any atom is -1.00 e. The maximum absolute atomic E-state index is 2.62. The molecule has 24 heavy (non-hydrogen) atoms. The van der Waals surface area contributed by atoms with Gasteiger partial charge in [-0.1, -0.05) is 0 Å². The molecule has 4 aliphatic rings. The fourth-order valence-corrected chi connectivity index (χ4v) is 10.7. The Bertz CT molecular complexity index is 595. The second-order valence-corrected chi connectivity index (χ2v) is 12.6. The smallest absolute Gasteiger partial charge is 1.00 e. The summed E-state index contributed by atoms with van der Waals surface area (Å²) in [5.74, 6) is 0. The van der Waals surface area contributed by atoms with Crippen LogP contribution < -0.4 is 24.8 Å². The number of allylic oxidation sites excluding steroid dienone is 8. The van der Waals surface area contributed by atoms with Crippen LogP contribution in [0.4, 0.5) is 0 Å². The third kappa shape index (κ3) is 3.63. The van der Waals surface area contributed by atoms with Gasteiger partial charge in [0.1, 0.15) is 0 Å². The van der Waals surface area contributed by atoms with E-state index in [1.165, 1.54) is 51.4 Å². The number of halogens is 2. The van der Waals surface area contributed by atoms with Crippen molar-refractivity contribution in [2.45, 2.75) is 73.7 Å². The van der Waals surface area contributed by atoms with Crippen molar-refractivity contribution in [3.8, 4) is 0 Å². The van der Waals surface area contributed by atoms with Gasteiger partial charge in [-0.25, -0.2) is 0 Å². The first-order valence-electron chi connectivity index (χ1n) is 9.23. The fraction of sp³-hybridized carbons (Fsp3) is 0.571. The van der Waals surface area contributed by atoms with Gasteiger partial charge in [0.05, 0.1) is 0 Å². The van der Waals surface area contributed by atoms with Gasteiger partial charge >= 0.3 is 141 Å². The van der Waals surface area contributed by atoms with Gasteiger partial charge in [-0.15, -0.1) is 0 Å². The molecule has 0 saturated carbocycles. The van der Waals surface area contributed by atoms with E-state index in [-0.39, 0.29) is 24.8 Å². The van der Waals surface area contributed by atoms with Gasteiger partial charge in [0, 0.05) is 0 Å². The van der Waals surface area contributed by atoms with Crippen molar-refractivity contribution >= 4 is 3.81 Å². The largest absolute Gasteiger partial charge is 1.00 e. The summed E-state index contributed by atoms with van der Waals surface area (Å²) in [5, 5.41) is 0. The summed E-state index contributed by atoms with van der Waals surface area (Å²) in [4.78, 5) is 0. The summed E-state index contributed by atoms with van der Waals surface area (Å²) in [7, 11) is 0. The van der Waals surface area contributed by atoms with Crippen LogP contribution in [-0.2, 0) is 17.4 Å². The first kappa shape index (κ1) is 20.4. The Morgan fingerprint density at radius 2 is 1.17 bits per heavy atom. The molecule has 0 aliphatic heterocycles. The standard InChI is InChI=1S/2C9H11.C3H6.2ClH.Ti/c2*1-2-5-9-7-3-6-8(9)4-1;1-3-2;;;/h2*3,6-7H,1-2,4-5H2;1-2H3;2*1H;/q;;;;;+2/p-2. The van der Waals surface area contributed by atoms with E-state index in [9.17, 15) is 0 Å². The van der Waals surface area contributed by atoms with Crippen molar-refractivity contribution < 1.29 is 42.2 Å². The summed E-state index contributed by atoms with van der Waals surface area (Å²) in [6.45, 7) is 4.89. The zero-order chi connectivity index (χ0) is 15.1. The van der Waals surface area contributed by atoms with Crippen molar-refractivity contribution in [3.05, 3.63) is 46.6 Å². The Balaban J connectivity index is 0.00000104. The maximum atomic E-state index is 2.62. The SMILES string of the molecule is C[C](C)=[Ti+2]([CH]1C=CC2=C1CCCC2)[CH]1C=CC2=C1CCCC2.[Cl-].[Cl-]. The Morgan fingerprint density at radius 1 is 0.750 bits per heavy atom. The van der Waals surface area contributed by atoms with Crippen molar-refractivity contribution in [2.24, 2.45) is 0 Å². The van der Waals surface area contributed by atoms with Gasteiger partial charge in [0.15, 0.2) is 0 Å². The van der Waals surface area contributed by atoms with E-state index in [0.29, 0.717) is 0 Å². The molecule has 2 atom stereocenters. The first-order valence-corrected chi connectivity index (χ1v) is 11.8. The Morgan fingerprint density at radius 3 is 1.58 bits per heavy atom. The first-order chi connectivity index (χ1) is 10.8. The van der Waals surface area contributed by atoms with Crippen molar-refractivity contribution in [2.75, 3.05) is 0 Å². The molecule has 2 unspecified atom stereocenters. The molecule has 0 aromatic carbocycles. The van der Waals surface area contributed by atoms with Crippen LogP contribution in [0.3, 0.4) is 0 Å². The van der Waals surface area contributed by atoms with Crippen molar-refractivity contribution in [1.29, 1.82) is 0 Å². The molecule has 0 N–H and O–H groups in total. The van der Waals surface area contributed by atoms with Crippen LogP contribution in [-0.4, -0.2) is 3.81 Å². The molecule has 3 heteroatoms. The normalized spacial score (nSPS) is 27.0. The number of hydrogen-bond acceptors (Lipinski definition) is 0. The van der Waals surface area contributed by atoms with Crippen LogP contribution in [0.2, 0.25) is 8.45 Å². The van der Waals surface area contributed by atoms with Crippen LogP contribution in [0, 0.1) is 0 Å². The predicted molar refractivity (Wildman–Crippen MR) is 93.1 cm³/mol. The van der Waals surface area contributed by atoms with E-state index in [1.807, 2.05) is 11.1 Å². The minimum atomic E-state index is -1.31. The van der Waals surface area contributed by atoms with Gasteiger partial charge in [-0.2, -0.15) is 0 Å². The zero-order valence-corrected chi connectivity index (χ0v) is 18.0. The van der Waals surface area contributed by atoms with E-state index in [0.717, 1.165) is 8.45 Å². The topological polar surface area (TPSA) is 0 Å². The Kier molecular flexibility index (Phi) is 7.39. The van der Waals surface area contributed by atoms with E-state index in [2.05, 4.69) is 38.2 Å². The molecular formula is C21H28Cl2Ti. The second-order valence-electron chi connectivity index (χ2n) is 7.64. The van der Waals surface area contributed by atoms with E-state index >= 15 is 0 Å². The average Bonchev–Trinajstić information content (AvgIpc) is 3.13. The van der Waals surface area contributed by atoms with Gasteiger partial charge in [0.25, 0.3) is 0 Å². The molecule has 0 bridgehead atoms. The fourth-order valence-electron chi connectivity index (χ4n) is 5.05. The van der Waals surface area contributed by atoms with Crippen LogP contribution >= 0.6 is 0 Å². The molecule has 0 aromatic rings. The van der Waals surface area contributed by atoms with Crippen molar-refractivity contribution in [1.82, 2.24) is 0 Å². The molecule has 4 aliphatic carbocycles. The van der Waals surface area contributed by atoms with Crippen molar-refractivity contribution in [3.63, 3.8) is 0 Å². The average molecular weight is 399 g/mol. The van der Waals surface area contributed by atoms with E-state index in [1.54, 1.807) is 15.0 Å². The molecular weight excluding hydrogens is 371 g/mol. The third-order valence-electron chi connectivity index (χ3n) is 6.09. The second kappa shape index (κ2) is 8.67. The minimum absolute atomic E-state index is 0. The molecule has 130 valence electrons. The molecule has 0 radical (unpaired) electrons. The van der Waals surface area contributed by atoms with Crippen LogP contribution in [0.15, 0.2) is 46.6 Å². The van der Waals surface area contributed by atoms with Crippen LogP contribution in [0.1, 0.15) is 65.2 Å². The molecule has 0 aromatic heterocycles. The quantitative estimate of drug-likeness (QED) is 0.586. The Labute approximate surface area is 165 Å². The summed E-state index contributed by atoms with van der Waals surface area (Å²) in [5.41, 5.74) is 7.17. The van der Waals surface area contributed by atoms with Gasteiger partial charge < -0.3 is 24.8 Å². The predicted octanol–water partition coefficient (Wildman–Crippen LogP) is 0.283. The van der Waals surface area contributed by atoms with Gasteiger partial charge in [-0.3, -0.25) is 0 Å².